The minimum absolute atomic E-state index is 0.0395. The monoisotopic (exact) mass is 379 g/mol. The number of phenolic OH excluding ortho intramolecular Hbond substituents is 1. The van der Waals surface area contributed by atoms with Crippen molar-refractivity contribution in [2.24, 2.45) is 0 Å². The first-order valence-corrected chi connectivity index (χ1v) is 7.55. The van der Waals surface area contributed by atoms with E-state index in [1.807, 2.05) is 24.3 Å². The molecule has 1 N–H and O–H groups in total. The highest BCUT2D eigenvalue weighted by molar-refractivity contribution is 9.10. The molecule has 22 heavy (non-hydrogen) atoms. The zero-order valence-electron chi connectivity index (χ0n) is 11.5. The number of hydrogen-bond acceptors (Lipinski definition) is 4. The molecule has 0 amide bonds. The third kappa shape index (κ3) is 2.82. The summed E-state index contributed by atoms with van der Waals surface area (Å²) in [5.74, 6) is 0.728. The number of nitrogens with zero attached hydrogens (tertiary/aromatic N) is 1. The summed E-state index contributed by atoms with van der Waals surface area (Å²) < 4.78 is 11.2. The van der Waals surface area contributed by atoms with E-state index in [2.05, 4.69) is 20.9 Å². The fourth-order valence-corrected chi connectivity index (χ4v) is 2.68. The van der Waals surface area contributed by atoms with Crippen LogP contribution in [0.1, 0.15) is 11.5 Å². The van der Waals surface area contributed by atoms with Gasteiger partial charge in [0.25, 0.3) is 0 Å². The van der Waals surface area contributed by atoms with Gasteiger partial charge in [0, 0.05) is 0 Å². The number of aromatic nitrogens is 1. The standard InChI is InChI=1S/C16H11BrClNO3/c1-21-14-8-9(6-10(17)15(14)20)7-11(18)16-19-12-4-2-3-5-13(12)22-16/h2-8,20H,1H3/b11-7-. The van der Waals surface area contributed by atoms with Gasteiger partial charge in [-0.3, -0.25) is 0 Å². The molecule has 0 fully saturated rings. The summed E-state index contributed by atoms with van der Waals surface area (Å²) in [4.78, 5) is 4.33. The lowest BCUT2D eigenvalue weighted by atomic mass is 10.2. The maximum atomic E-state index is 9.81. The van der Waals surface area contributed by atoms with Crippen molar-refractivity contribution in [3.63, 3.8) is 0 Å². The Labute approximate surface area is 140 Å². The van der Waals surface area contributed by atoms with Crippen LogP contribution >= 0.6 is 27.5 Å². The van der Waals surface area contributed by atoms with Crippen molar-refractivity contribution >= 4 is 49.7 Å². The molecule has 0 aliphatic carbocycles. The summed E-state index contributed by atoms with van der Waals surface area (Å²) >= 11 is 9.56. The molecular weight excluding hydrogens is 370 g/mol. The third-order valence-corrected chi connectivity index (χ3v) is 3.94. The minimum atomic E-state index is 0.0395. The van der Waals surface area contributed by atoms with Gasteiger partial charge in [0.2, 0.25) is 5.89 Å². The number of aromatic hydroxyl groups is 1. The topological polar surface area (TPSA) is 55.5 Å². The van der Waals surface area contributed by atoms with Crippen LogP contribution in [-0.4, -0.2) is 17.2 Å². The molecule has 3 rings (SSSR count). The van der Waals surface area contributed by atoms with Crippen molar-refractivity contribution in [1.29, 1.82) is 0 Å². The molecule has 4 nitrogen and oxygen atoms in total. The number of fused-ring (bicyclic) bond motifs is 1. The van der Waals surface area contributed by atoms with Crippen molar-refractivity contribution in [3.8, 4) is 11.5 Å². The molecule has 6 heteroatoms. The molecular formula is C16H11BrClNO3. The van der Waals surface area contributed by atoms with Gasteiger partial charge in [-0.25, -0.2) is 4.98 Å². The lowest BCUT2D eigenvalue weighted by Crippen LogP contribution is -1.86. The molecule has 0 spiro atoms. The van der Waals surface area contributed by atoms with Crippen LogP contribution < -0.4 is 4.74 Å². The number of rotatable bonds is 3. The molecule has 3 aromatic rings. The second-order valence-corrected chi connectivity index (χ2v) is 5.79. The predicted molar refractivity (Wildman–Crippen MR) is 90.1 cm³/mol. The van der Waals surface area contributed by atoms with E-state index in [9.17, 15) is 5.11 Å². The lowest BCUT2D eigenvalue weighted by molar-refractivity contribution is 0.372. The normalized spacial score (nSPS) is 11.9. The van der Waals surface area contributed by atoms with Gasteiger partial charge in [0.05, 0.1) is 11.6 Å². The molecule has 1 aromatic heterocycles. The van der Waals surface area contributed by atoms with E-state index in [4.69, 9.17) is 20.8 Å². The Hall–Kier alpha value is -1.98. The Kier molecular flexibility index (Phi) is 4.09. The SMILES string of the molecule is COc1cc(/C=C(\Cl)c2nc3ccccc3o2)cc(Br)c1O. The maximum Gasteiger partial charge on any atom is 0.238 e. The van der Waals surface area contributed by atoms with Crippen LogP contribution in [0.2, 0.25) is 0 Å². The van der Waals surface area contributed by atoms with Gasteiger partial charge in [-0.2, -0.15) is 0 Å². The molecule has 2 aromatic carbocycles. The van der Waals surface area contributed by atoms with Crippen LogP contribution in [0.15, 0.2) is 45.3 Å². The van der Waals surface area contributed by atoms with E-state index in [-0.39, 0.29) is 5.75 Å². The van der Waals surface area contributed by atoms with Crippen molar-refractivity contribution in [2.45, 2.75) is 0 Å². The molecule has 0 saturated carbocycles. The Morgan fingerprint density at radius 2 is 2.14 bits per heavy atom. The summed E-state index contributed by atoms with van der Waals surface area (Å²) in [6.07, 6.45) is 1.69. The average molecular weight is 381 g/mol. The first kappa shape index (κ1) is 14.9. The largest absolute Gasteiger partial charge is 0.503 e. The van der Waals surface area contributed by atoms with Crippen molar-refractivity contribution in [3.05, 3.63) is 52.3 Å². The summed E-state index contributed by atoms with van der Waals surface area (Å²) in [7, 11) is 1.48. The molecule has 112 valence electrons. The van der Waals surface area contributed by atoms with Crippen LogP contribution in [-0.2, 0) is 0 Å². The molecule has 0 aliphatic heterocycles. The van der Waals surface area contributed by atoms with Gasteiger partial charge in [0.1, 0.15) is 10.5 Å². The van der Waals surface area contributed by atoms with Gasteiger partial charge in [-0.05, 0) is 51.8 Å². The molecule has 0 saturated heterocycles. The van der Waals surface area contributed by atoms with E-state index in [0.717, 1.165) is 11.1 Å². The fraction of sp³-hybridized carbons (Fsp3) is 0.0625. The Balaban J connectivity index is 2.02. The Bertz CT molecular complexity index is 840. The number of para-hydroxylation sites is 2. The fourth-order valence-electron chi connectivity index (χ4n) is 2.02. The second-order valence-electron chi connectivity index (χ2n) is 4.53. The Morgan fingerprint density at radius 1 is 1.36 bits per heavy atom. The smallest absolute Gasteiger partial charge is 0.238 e. The second kappa shape index (κ2) is 6.02. The van der Waals surface area contributed by atoms with Crippen LogP contribution in [0, 0.1) is 0 Å². The molecule has 1 heterocycles. The van der Waals surface area contributed by atoms with Gasteiger partial charge < -0.3 is 14.3 Å². The zero-order valence-corrected chi connectivity index (χ0v) is 13.9. The summed E-state index contributed by atoms with van der Waals surface area (Å²) in [5.41, 5.74) is 2.16. The number of ether oxygens (including phenoxy) is 1. The highest BCUT2D eigenvalue weighted by atomic mass is 79.9. The van der Waals surface area contributed by atoms with Crippen molar-refractivity contribution in [1.82, 2.24) is 4.98 Å². The highest BCUT2D eigenvalue weighted by Gasteiger charge is 2.11. The highest BCUT2D eigenvalue weighted by Crippen LogP contribution is 2.36. The quantitative estimate of drug-likeness (QED) is 0.691. The van der Waals surface area contributed by atoms with Crippen LogP contribution in [0.3, 0.4) is 0 Å². The number of hydrogen-bond donors (Lipinski definition) is 1. The Morgan fingerprint density at radius 3 is 2.86 bits per heavy atom. The van der Waals surface area contributed by atoms with Crippen molar-refractivity contribution < 1.29 is 14.3 Å². The third-order valence-electron chi connectivity index (χ3n) is 3.06. The van der Waals surface area contributed by atoms with E-state index >= 15 is 0 Å². The summed E-state index contributed by atoms with van der Waals surface area (Å²) in [6, 6.07) is 10.8. The zero-order chi connectivity index (χ0) is 15.7. The van der Waals surface area contributed by atoms with Gasteiger partial charge in [0.15, 0.2) is 17.1 Å². The number of benzene rings is 2. The van der Waals surface area contributed by atoms with Crippen molar-refractivity contribution in [2.75, 3.05) is 7.11 Å². The number of methoxy groups -OCH3 is 1. The lowest BCUT2D eigenvalue weighted by Gasteiger charge is -2.06. The number of oxazole rings is 1. The molecule has 0 aliphatic rings. The number of halogens is 2. The number of phenols is 1. The van der Waals surface area contributed by atoms with Gasteiger partial charge >= 0.3 is 0 Å². The first-order chi connectivity index (χ1) is 10.6. The predicted octanol–water partition coefficient (Wildman–Crippen LogP) is 5.04. The van der Waals surface area contributed by atoms with E-state index in [1.165, 1.54) is 7.11 Å². The van der Waals surface area contributed by atoms with Crippen LogP contribution in [0.25, 0.3) is 22.2 Å². The molecule has 0 bridgehead atoms. The van der Waals surface area contributed by atoms with E-state index in [1.54, 1.807) is 18.2 Å². The van der Waals surface area contributed by atoms with Gasteiger partial charge in [-0.15, -0.1) is 0 Å². The maximum absolute atomic E-state index is 9.81. The van der Waals surface area contributed by atoms with E-state index in [0.29, 0.717) is 26.7 Å². The first-order valence-electron chi connectivity index (χ1n) is 6.38. The summed E-state index contributed by atoms with van der Waals surface area (Å²) in [6.45, 7) is 0. The molecule has 0 unspecified atom stereocenters. The molecule has 0 radical (unpaired) electrons. The van der Waals surface area contributed by atoms with Crippen LogP contribution in [0.4, 0.5) is 0 Å². The molecule has 0 atom stereocenters. The minimum Gasteiger partial charge on any atom is -0.503 e. The van der Waals surface area contributed by atoms with Crippen LogP contribution in [0.5, 0.6) is 11.5 Å². The van der Waals surface area contributed by atoms with E-state index < -0.39 is 0 Å². The van der Waals surface area contributed by atoms with Gasteiger partial charge in [-0.1, -0.05) is 23.7 Å². The average Bonchev–Trinajstić information content (AvgIpc) is 2.94. The summed E-state index contributed by atoms with van der Waals surface area (Å²) in [5, 5.41) is 10.2.